The highest BCUT2D eigenvalue weighted by Gasteiger charge is 2.37. The van der Waals surface area contributed by atoms with Crippen molar-refractivity contribution in [2.45, 2.75) is 51.9 Å². The van der Waals surface area contributed by atoms with Gasteiger partial charge in [0, 0.05) is 10.7 Å². The van der Waals surface area contributed by atoms with Gasteiger partial charge < -0.3 is 0 Å². The smallest absolute Gasteiger partial charge is 0.0186 e. The summed E-state index contributed by atoms with van der Waals surface area (Å²) in [7, 11) is 0. The van der Waals surface area contributed by atoms with Crippen molar-refractivity contribution in [2.75, 3.05) is 5.33 Å². The normalized spacial score (nSPS) is 13.3. The summed E-state index contributed by atoms with van der Waals surface area (Å²) in [6.45, 7) is 6.80. The van der Waals surface area contributed by atoms with E-state index in [1.54, 1.807) is 0 Å². The van der Waals surface area contributed by atoms with Crippen LogP contribution in [-0.4, -0.2) is 5.33 Å². The topological polar surface area (TPSA) is 0 Å². The summed E-state index contributed by atoms with van der Waals surface area (Å²) in [5, 5.41) is 1.13. The minimum atomic E-state index is 0.210. The van der Waals surface area contributed by atoms with Crippen LogP contribution >= 0.6 is 15.9 Å². The van der Waals surface area contributed by atoms with Crippen molar-refractivity contribution in [1.82, 2.24) is 0 Å². The zero-order chi connectivity index (χ0) is 24.0. The number of fused-ring (bicyclic) bond motifs is 6. The van der Waals surface area contributed by atoms with Crippen molar-refractivity contribution in [3.8, 4) is 22.3 Å². The van der Waals surface area contributed by atoms with Crippen LogP contribution in [0.25, 0.3) is 22.3 Å². The highest BCUT2D eigenvalue weighted by atomic mass is 79.9. The minimum Gasteiger partial charge on any atom is -0.0928 e. The van der Waals surface area contributed by atoms with Crippen LogP contribution in [-0.2, 0) is 11.8 Å². The molecule has 0 heterocycles. The Balaban J connectivity index is 0.000000143. The van der Waals surface area contributed by atoms with Gasteiger partial charge in [0.2, 0.25) is 0 Å². The van der Waals surface area contributed by atoms with E-state index < -0.39 is 0 Å². The summed E-state index contributed by atoms with van der Waals surface area (Å²) < 4.78 is 0. The fourth-order valence-electron chi connectivity index (χ4n) is 5.39. The van der Waals surface area contributed by atoms with Crippen LogP contribution in [0.4, 0.5) is 0 Å². The standard InChI is InChI=1S/C17H18.C13H10.C3H7Br/c1-3-12-17(2)15-10-6-4-8-13(15)14-9-5-7-11-16(14)17;1-3-7-12-10(5-1)9-11-6-2-4-8-13(11)12;1-2-3-4/h4-11H,3,12H2,1-2H3;1-8H,9H2;2-3H2,1H3. The molecule has 0 saturated heterocycles. The first-order chi connectivity index (χ1) is 16.6. The minimum absolute atomic E-state index is 0.210. The van der Waals surface area contributed by atoms with E-state index >= 15 is 0 Å². The van der Waals surface area contributed by atoms with Gasteiger partial charge in [-0.3, -0.25) is 0 Å². The third-order valence-electron chi connectivity index (χ3n) is 6.98. The molecule has 0 fully saturated rings. The van der Waals surface area contributed by atoms with Crippen molar-refractivity contribution in [1.29, 1.82) is 0 Å². The average Bonchev–Trinajstić information content (AvgIpc) is 3.39. The van der Waals surface area contributed by atoms with Crippen molar-refractivity contribution < 1.29 is 0 Å². The van der Waals surface area contributed by atoms with Crippen molar-refractivity contribution in [3.63, 3.8) is 0 Å². The van der Waals surface area contributed by atoms with Gasteiger partial charge >= 0.3 is 0 Å². The molecular formula is C33H35Br. The average molecular weight is 512 g/mol. The molecule has 0 radical (unpaired) electrons. The first-order valence-corrected chi connectivity index (χ1v) is 13.7. The van der Waals surface area contributed by atoms with Crippen molar-refractivity contribution in [3.05, 3.63) is 119 Å². The summed E-state index contributed by atoms with van der Waals surface area (Å²) in [6.07, 6.45) is 4.78. The Kier molecular flexibility index (Phi) is 8.06. The summed E-state index contributed by atoms with van der Waals surface area (Å²) in [6, 6.07) is 35.0. The molecule has 2 aliphatic rings. The quantitative estimate of drug-likeness (QED) is 0.212. The molecule has 174 valence electrons. The molecule has 0 aliphatic heterocycles. The van der Waals surface area contributed by atoms with Gasteiger partial charge in [-0.25, -0.2) is 0 Å². The molecule has 4 aromatic rings. The molecule has 2 aliphatic carbocycles. The molecule has 0 aromatic heterocycles. The van der Waals surface area contributed by atoms with E-state index in [-0.39, 0.29) is 5.41 Å². The fraction of sp³-hybridized carbons (Fsp3) is 0.273. The molecule has 0 spiro atoms. The third-order valence-corrected chi connectivity index (χ3v) is 7.77. The molecule has 0 bridgehead atoms. The Morgan fingerprint density at radius 3 is 1.38 bits per heavy atom. The van der Waals surface area contributed by atoms with Crippen LogP contribution in [0.1, 0.15) is 62.3 Å². The monoisotopic (exact) mass is 510 g/mol. The van der Waals surface area contributed by atoms with Crippen LogP contribution in [0.5, 0.6) is 0 Å². The third kappa shape index (κ3) is 4.77. The maximum Gasteiger partial charge on any atom is 0.0186 e. The zero-order valence-corrected chi connectivity index (χ0v) is 22.2. The van der Waals surface area contributed by atoms with Gasteiger partial charge in [0.05, 0.1) is 0 Å². The van der Waals surface area contributed by atoms with Gasteiger partial charge in [-0.2, -0.15) is 0 Å². The number of hydrogen-bond donors (Lipinski definition) is 0. The predicted molar refractivity (Wildman–Crippen MR) is 152 cm³/mol. The van der Waals surface area contributed by atoms with E-state index in [1.807, 2.05) is 0 Å². The largest absolute Gasteiger partial charge is 0.0928 e. The van der Waals surface area contributed by atoms with E-state index in [1.165, 1.54) is 63.8 Å². The molecule has 0 atom stereocenters. The van der Waals surface area contributed by atoms with Crippen LogP contribution < -0.4 is 0 Å². The Labute approximate surface area is 214 Å². The van der Waals surface area contributed by atoms with Gasteiger partial charge in [-0.1, -0.05) is 140 Å². The first-order valence-electron chi connectivity index (χ1n) is 12.6. The number of benzene rings is 4. The molecule has 4 aromatic carbocycles. The highest BCUT2D eigenvalue weighted by molar-refractivity contribution is 9.09. The van der Waals surface area contributed by atoms with Gasteiger partial charge in [0.25, 0.3) is 0 Å². The Morgan fingerprint density at radius 1 is 0.588 bits per heavy atom. The van der Waals surface area contributed by atoms with Gasteiger partial charge in [0.1, 0.15) is 0 Å². The van der Waals surface area contributed by atoms with Crippen LogP contribution in [0.15, 0.2) is 97.1 Å². The second-order valence-corrected chi connectivity index (χ2v) is 10.1. The van der Waals surface area contributed by atoms with Crippen LogP contribution in [0.3, 0.4) is 0 Å². The van der Waals surface area contributed by atoms with E-state index in [4.69, 9.17) is 0 Å². The molecule has 0 unspecified atom stereocenters. The molecule has 6 rings (SSSR count). The lowest BCUT2D eigenvalue weighted by Crippen LogP contribution is -2.20. The summed E-state index contributed by atoms with van der Waals surface area (Å²) >= 11 is 3.25. The van der Waals surface area contributed by atoms with Crippen molar-refractivity contribution in [2.24, 2.45) is 0 Å². The SMILES string of the molecule is CCCBr.CCCC1(C)c2ccccc2-c2ccccc21.c1ccc2c(c1)Cc1ccccc1-2. The second kappa shape index (κ2) is 11.2. The van der Waals surface area contributed by atoms with E-state index in [2.05, 4.69) is 134 Å². The highest BCUT2D eigenvalue weighted by Crippen LogP contribution is 2.50. The Morgan fingerprint density at radius 2 is 0.971 bits per heavy atom. The van der Waals surface area contributed by atoms with E-state index in [0.717, 1.165) is 11.8 Å². The first kappa shape index (κ1) is 24.5. The summed E-state index contributed by atoms with van der Waals surface area (Å²) in [4.78, 5) is 0. The molecule has 0 amide bonds. The van der Waals surface area contributed by atoms with Gasteiger partial charge in [-0.05, 0) is 63.8 Å². The maximum atomic E-state index is 3.25. The van der Waals surface area contributed by atoms with Crippen LogP contribution in [0.2, 0.25) is 0 Å². The molecular weight excluding hydrogens is 476 g/mol. The molecule has 34 heavy (non-hydrogen) atoms. The number of rotatable bonds is 3. The Bertz CT molecular complexity index is 1150. The number of alkyl halides is 1. The Hall–Kier alpha value is -2.64. The maximum absolute atomic E-state index is 3.25. The van der Waals surface area contributed by atoms with Crippen molar-refractivity contribution >= 4 is 15.9 Å². The lowest BCUT2D eigenvalue weighted by molar-refractivity contribution is 0.524. The van der Waals surface area contributed by atoms with E-state index in [9.17, 15) is 0 Å². The lowest BCUT2D eigenvalue weighted by Gasteiger charge is -2.26. The molecule has 1 heteroatoms. The second-order valence-electron chi connectivity index (χ2n) is 9.35. The number of halogens is 1. The van der Waals surface area contributed by atoms with Gasteiger partial charge in [0.15, 0.2) is 0 Å². The van der Waals surface area contributed by atoms with Gasteiger partial charge in [-0.15, -0.1) is 0 Å². The van der Waals surface area contributed by atoms with Crippen LogP contribution in [0, 0.1) is 0 Å². The lowest BCUT2D eigenvalue weighted by atomic mass is 9.77. The summed E-state index contributed by atoms with van der Waals surface area (Å²) in [5.74, 6) is 0. The van der Waals surface area contributed by atoms with E-state index in [0.29, 0.717) is 0 Å². The molecule has 0 saturated carbocycles. The zero-order valence-electron chi connectivity index (χ0n) is 20.7. The number of hydrogen-bond acceptors (Lipinski definition) is 0. The summed E-state index contributed by atoms with van der Waals surface area (Å²) in [5.41, 5.74) is 11.8. The molecule has 0 N–H and O–H groups in total. The predicted octanol–water partition coefficient (Wildman–Crippen LogP) is 9.82. The fourth-order valence-corrected chi connectivity index (χ4v) is 5.39. The molecule has 0 nitrogen and oxygen atoms in total.